The minimum atomic E-state index is -0.207. The minimum Gasteiger partial charge on any atom is -0.326 e. The second-order valence-corrected chi connectivity index (χ2v) is 6.92. The highest BCUT2D eigenvalue weighted by Crippen LogP contribution is 2.51. The zero-order valence-corrected chi connectivity index (χ0v) is 13.6. The summed E-state index contributed by atoms with van der Waals surface area (Å²) in [6, 6.07) is 12.5. The Kier molecular flexibility index (Phi) is 3.65. The highest BCUT2D eigenvalue weighted by atomic mass is 19.1. The van der Waals surface area contributed by atoms with Crippen LogP contribution >= 0.6 is 0 Å². The fourth-order valence-corrected chi connectivity index (χ4v) is 4.36. The number of fused-ring (bicyclic) bond motifs is 2. The zero-order chi connectivity index (χ0) is 16.7. The van der Waals surface area contributed by atoms with E-state index >= 15 is 0 Å². The van der Waals surface area contributed by atoms with Gasteiger partial charge in [-0.25, -0.2) is 4.39 Å². The highest BCUT2D eigenvalue weighted by Gasteiger charge is 2.48. The van der Waals surface area contributed by atoms with Gasteiger partial charge in [0.2, 0.25) is 0 Å². The van der Waals surface area contributed by atoms with Gasteiger partial charge in [-0.05, 0) is 42.7 Å². The van der Waals surface area contributed by atoms with Gasteiger partial charge in [0, 0.05) is 29.6 Å². The maximum absolute atomic E-state index is 14.6. The van der Waals surface area contributed by atoms with E-state index in [1.807, 2.05) is 24.3 Å². The van der Waals surface area contributed by atoms with E-state index in [-0.39, 0.29) is 17.1 Å². The molecule has 1 aliphatic heterocycles. The molecular weight excluding hydrogens is 303 g/mol. The average molecular weight is 324 g/mol. The van der Waals surface area contributed by atoms with Gasteiger partial charge in [-0.1, -0.05) is 31.0 Å². The lowest BCUT2D eigenvalue weighted by Gasteiger charge is -2.25. The minimum absolute atomic E-state index is 0.0686. The first-order valence-corrected chi connectivity index (χ1v) is 8.54. The van der Waals surface area contributed by atoms with Crippen LogP contribution in [0, 0.1) is 5.82 Å². The highest BCUT2D eigenvalue weighted by molar-refractivity contribution is 6.07. The molecule has 4 rings (SSSR count). The van der Waals surface area contributed by atoms with Gasteiger partial charge in [0.15, 0.2) is 0 Å². The largest absolute Gasteiger partial charge is 0.326 e. The normalized spacial score (nSPS) is 18.2. The SMILES string of the molecule is NCc1cccc(C(=O)N2CC3(CCCC3)c3c(F)cccc32)c1. The van der Waals surface area contributed by atoms with Crippen LogP contribution in [0.1, 0.15) is 47.2 Å². The number of amides is 1. The van der Waals surface area contributed by atoms with Crippen LogP contribution in [0.25, 0.3) is 0 Å². The number of hydrogen-bond acceptors (Lipinski definition) is 2. The number of halogens is 1. The Labute approximate surface area is 141 Å². The molecule has 0 radical (unpaired) electrons. The first-order valence-electron chi connectivity index (χ1n) is 8.54. The second kappa shape index (κ2) is 5.71. The number of benzene rings is 2. The predicted molar refractivity (Wildman–Crippen MR) is 92.6 cm³/mol. The molecule has 2 aromatic carbocycles. The van der Waals surface area contributed by atoms with Gasteiger partial charge in [-0.15, -0.1) is 0 Å². The summed E-state index contributed by atoms with van der Waals surface area (Å²) >= 11 is 0. The van der Waals surface area contributed by atoms with Crippen LogP contribution in [0.5, 0.6) is 0 Å². The second-order valence-electron chi connectivity index (χ2n) is 6.92. The molecule has 2 aliphatic rings. The van der Waals surface area contributed by atoms with Crippen molar-refractivity contribution in [2.24, 2.45) is 5.73 Å². The number of rotatable bonds is 2. The fraction of sp³-hybridized carbons (Fsp3) is 0.350. The molecule has 24 heavy (non-hydrogen) atoms. The maximum Gasteiger partial charge on any atom is 0.258 e. The van der Waals surface area contributed by atoms with Crippen molar-refractivity contribution in [2.45, 2.75) is 37.6 Å². The Bertz CT molecular complexity index is 796. The quantitative estimate of drug-likeness (QED) is 0.914. The van der Waals surface area contributed by atoms with Crippen LogP contribution in [-0.4, -0.2) is 12.5 Å². The van der Waals surface area contributed by atoms with E-state index in [0.717, 1.165) is 42.5 Å². The monoisotopic (exact) mass is 324 g/mol. The van der Waals surface area contributed by atoms with Crippen molar-refractivity contribution in [1.29, 1.82) is 0 Å². The molecule has 0 bridgehead atoms. The van der Waals surface area contributed by atoms with Crippen molar-refractivity contribution >= 4 is 11.6 Å². The third-order valence-corrected chi connectivity index (χ3v) is 5.49. The molecule has 1 fully saturated rings. The van der Waals surface area contributed by atoms with Crippen LogP contribution in [0.2, 0.25) is 0 Å². The molecule has 0 aromatic heterocycles. The summed E-state index contributed by atoms with van der Waals surface area (Å²) < 4.78 is 14.6. The van der Waals surface area contributed by atoms with Crippen molar-refractivity contribution in [3.63, 3.8) is 0 Å². The van der Waals surface area contributed by atoms with Crippen LogP contribution in [0.15, 0.2) is 42.5 Å². The van der Waals surface area contributed by atoms with Gasteiger partial charge in [0.05, 0.1) is 5.69 Å². The number of anilines is 1. The summed E-state index contributed by atoms with van der Waals surface area (Å²) in [6.07, 6.45) is 4.10. The molecular formula is C20H21FN2O. The van der Waals surface area contributed by atoms with Crippen LogP contribution in [0.3, 0.4) is 0 Å². The molecule has 2 aromatic rings. The van der Waals surface area contributed by atoms with E-state index in [1.54, 1.807) is 17.0 Å². The Morgan fingerprint density at radius 3 is 2.67 bits per heavy atom. The first kappa shape index (κ1) is 15.3. The van der Waals surface area contributed by atoms with Crippen LogP contribution in [-0.2, 0) is 12.0 Å². The van der Waals surface area contributed by atoms with Crippen molar-refractivity contribution in [3.05, 3.63) is 65.0 Å². The van der Waals surface area contributed by atoms with Gasteiger partial charge in [0.1, 0.15) is 5.82 Å². The summed E-state index contributed by atoms with van der Waals surface area (Å²) in [4.78, 5) is 14.9. The number of hydrogen-bond donors (Lipinski definition) is 1. The van der Waals surface area contributed by atoms with Crippen LogP contribution < -0.4 is 10.6 Å². The van der Waals surface area contributed by atoms with Gasteiger partial charge in [-0.3, -0.25) is 4.79 Å². The van der Waals surface area contributed by atoms with E-state index in [0.29, 0.717) is 18.7 Å². The zero-order valence-electron chi connectivity index (χ0n) is 13.6. The maximum atomic E-state index is 14.6. The Balaban J connectivity index is 1.77. The van der Waals surface area contributed by atoms with Crippen molar-refractivity contribution in [1.82, 2.24) is 0 Å². The molecule has 124 valence electrons. The predicted octanol–water partition coefficient (Wildman–Crippen LogP) is 3.76. The van der Waals surface area contributed by atoms with Crippen LogP contribution in [0.4, 0.5) is 10.1 Å². The summed E-state index contributed by atoms with van der Waals surface area (Å²) in [6.45, 7) is 0.977. The first-order chi connectivity index (χ1) is 11.6. The molecule has 0 atom stereocenters. The lowest BCUT2D eigenvalue weighted by molar-refractivity contribution is 0.0985. The van der Waals surface area contributed by atoms with Gasteiger partial charge in [-0.2, -0.15) is 0 Å². The number of carbonyl (C=O) groups is 1. The molecule has 1 saturated carbocycles. The van der Waals surface area contributed by atoms with Crippen molar-refractivity contribution in [2.75, 3.05) is 11.4 Å². The topological polar surface area (TPSA) is 46.3 Å². The van der Waals surface area contributed by atoms with E-state index < -0.39 is 0 Å². The molecule has 1 amide bonds. The molecule has 1 heterocycles. The summed E-state index contributed by atoms with van der Waals surface area (Å²) in [5.41, 5.74) is 8.50. The van der Waals surface area contributed by atoms with E-state index in [9.17, 15) is 9.18 Å². The molecule has 3 nitrogen and oxygen atoms in total. The average Bonchev–Trinajstić information content (AvgIpc) is 3.21. The van der Waals surface area contributed by atoms with E-state index in [2.05, 4.69) is 0 Å². The smallest absolute Gasteiger partial charge is 0.258 e. The molecule has 2 N–H and O–H groups in total. The summed E-state index contributed by atoms with van der Waals surface area (Å²) in [5.74, 6) is -0.249. The van der Waals surface area contributed by atoms with Gasteiger partial charge in [0.25, 0.3) is 5.91 Å². The third kappa shape index (κ3) is 2.25. The van der Waals surface area contributed by atoms with Crippen molar-refractivity contribution in [3.8, 4) is 0 Å². The van der Waals surface area contributed by atoms with E-state index in [1.165, 1.54) is 6.07 Å². The molecule has 0 unspecified atom stereocenters. The van der Waals surface area contributed by atoms with Gasteiger partial charge < -0.3 is 10.6 Å². The molecule has 1 spiro atoms. The molecule has 4 heteroatoms. The third-order valence-electron chi connectivity index (χ3n) is 5.49. The Morgan fingerprint density at radius 1 is 1.17 bits per heavy atom. The molecule has 1 aliphatic carbocycles. The number of nitrogens with zero attached hydrogens (tertiary/aromatic N) is 1. The van der Waals surface area contributed by atoms with Crippen molar-refractivity contribution < 1.29 is 9.18 Å². The summed E-state index contributed by atoms with van der Waals surface area (Å²) in [7, 11) is 0. The standard InChI is InChI=1S/C20H21FN2O/c21-16-7-4-8-17-18(16)20(9-1-2-10-20)13-23(17)19(24)15-6-3-5-14(11-15)12-22/h3-8,11H,1-2,9-10,12-13,22H2. The summed E-state index contributed by atoms with van der Waals surface area (Å²) in [5, 5.41) is 0. The number of nitrogens with two attached hydrogens (primary N) is 1. The Hall–Kier alpha value is -2.20. The lowest BCUT2D eigenvalue weighted by atomic mass is 9.80. The lowest BCUT2D eigenvalue weighted by Crippen LogP contribution is -2.35. The van der Waals surface area contributed by atoms with E-state index in [4.69, 9.17) is 5.73 Å². The van der Waals surface area contributed by atoms with Gasteiger partial charge >= 0.3 is 0 Å². The molecule has 0 saturated heterocycles. The Morgan fingerprint density at radius 2 is 1.92 bits per heavy atom. The fourth-order valence-electron chi connectivity index (χ4n) is 4.36. The number of carbonyl (C=O) groups excluding carboxylic acids is 1.